The molecule has 2 atom stereocenters. The molecule has 21 heavy (non-hydrogen) atoms. The largest absolute Gasteiger partial charge is 0.388 e. The van der Waals surface area contributed by atoms with E-state index >= 15 is 0 Å². The minimum absolute atomic E-state index is 0.175. The Morgan fingerprint density at radius 1 is 1.43 bits per heavy atom. The van der Waals surface area contributed by atoms with E-state index in [1.807, 2.05) is 30.3 Å². The quantitative estimate of drug-likeness (QED) is 0.630. The van der Waals surface area contributed by atoms with Gasteiger partial charge in [0.15, 0.2) is 0 Å². The Kier molecular flexibility index (Phi) is 7.36. The normalized spacial score (nSPS) is 15.2. The number of aryl methyl sites for hydroxylation is 1. The molecule has 4 N–H and O–H groups in total. The van der Waals surface area contributed by atoms with Crippen LogP contribution in [0.15, 0.2) is 30.3 Å². The highest BCUT2D eigenvalue weighted by Gasteiger charge is 2.22. The van der Waals surface area contributed by atoms with Crippen molar-refractivity contribution in [3.05, 3.63) is 35.9 Å². The second-order valence-electron chi connectivity index (χ2n) is 5.59. The number of ether oxygens (including phenoxy) is 1. The monoisotopic (exact) mass is 294 g/mol. The van der Waals surface area contributed by atoms with Gasteiger partial charge in [-0.15, -0.1) is 0 Å². The number of carbonyl (C=O) groups excluding carboxylic acids is 1. The molecule has 0 saturated heterocycles. The third-order valence-corrected chi connectivity index (χ3v) is 3.41. The zero-order chi connectivity index (χ0) is 15.7. The van der Waals surface area contributed by atoms with Gasteiger partial charge in [0.2, 0.25) is 5.91 Å². The van der Waals surface area contributed by atoms with Gasteiger partial charge in [-0.1, -0.05) is 30.3 Å². The van der Waals surface area contributed by atoms with Gasteiger partial charge in [0.1, 0.15) is 0 Å². The number of aliphatic hydroxyl groups is 1. The average molecular weight is 294 g/mol. The lowest BCUT2D eigenvalue weighted by molar-refractivity contribution is -0.123. The van der Waals surface area contributed by atoms with Crippen molar-refractivity contribution in [2.24, 2.45) is 5.73 Å². The van der Waals surface area contributed by atoms with Gasteiger partial charge in [0.25, 0.3) is 0 Å². The molecule has 2 unspecified atom stereocenters. The Morgan fingerprint density at radius 3 is 2.71 bits per heavy atom. The van der Waals surface area contributed by atoms with Crippen molar-refractivity contribution in [3.8, 4) is 0 Å². The van der Waals surface area contributed by atoms with Crippen LogP contribution in [-0.4, -0.2) is 42.9 Å². The minimum atomic E-state index is -0.981. The van der Waals surface area contributed by atoms with Crippen molar-refractivity contribution in [1.29, 1.82) is 0 Å². The van der Waals surface area contributed by atoms with Crippen LogP contribution in [0.1, 0.15) is 25.3 Å². The van der Waals surface area contributed by atoms with E-state index in [1.165, 1.54) is 0 Å². The summed E-state index contributed by atoms with van der Waals surface area (Å²) >= 11 is 0. The second-order valence-corrected chi connectivity index (χ2v) is 5.59. The molecule has 0 bridgehead atoms. The van der Waals surface area contributed by atoms with E-state index in [2.05, 4.69) is 5.32 Å². The summed E-state index contributed by atoms with van der Waals surface area (Å²) in [6.45, 7) is 2.29. The number of hydrogen-bond acceptors (Lipinski definition) is 4. The van der Waals surface area contributed by atoms with Crippen LogP contribution in [0.5, 0.6) is 0 Å². The first-order valence-corrected chi connectivity index (χ1v) is 7.23. The van der Waals surface area contributed by atoms with Crippen LogP contribution >= 0.6 is 0 Å². The lowest BCUT2D eigenvalue weighted by atomic mass is 10.0. The molecule has 5 nitrogen and oxygen atoms in total. The Balaban J connectivity index is 2.31. The first kappa shape index (κ1) is 17.6. The zero-order valence-corrected chi connectivity index (χ0v) is 12.8. The average Bonchev–Trinajstić information content (AvgIpc) is 2.49. The van der Waals surface area contributed by atoms with Crippen LogP contribution < -0.4 is 11.1 Å². The van der Waals surface area contributed by atoms with E-state index in [1.54, 1.807) is 14.0 Å². The van der Waals surface area contributed by atoms with Crippen molar-refractivity contribution in [2.75, 3.05) is 20.3 Å². The van der Waals surface area contributed by atoms with E-state index in [4.69, 9.17) is 10.5 Å². The molecule has 5 heteroatoms. The molecular formula is C16H26N2O3. The molecule has 0 aliphatic rings. The molecule has 0 spiro atoms. The van der Waals surface area contributed by atoms with E-state index in [9.17, 15) is 9.90 Å². The molecular weight excluding hydrogens is 268 g/mol. The van der Waals surface area contributed by atoms with Crippen LogP contribution in [0.4, 0.5) is 0 Å². The highest BCUT2D eigenvalue weighted by Crippen LogP contribution is 2.08. The fourth-order valence-corrected chi connectivity index (χ4v) is 1.92. The predicted octanol–water partition coefficient (Wildman–Crippen LogP) is 0.850. The molecule has 1 aromatic carbocycles. The van der Waals surface area contributed by atoms with Crippen molar-refractivity contribution < 1.29 is 14.6 Å². The van der Waals surface area contributed by atoms with Crippen molar-refractivity contribution in [2.45, 2.75) is 37.8 Å². The topological polar surface area (TPSA) is 84.6 Å². The number of nitrogens with two attached hydrogens (primary N) is 1. The number of hydrogen-bond donors (Lipinski definition) is 3. The second kappa shape index (κ2) is 8.77. The minimum Gasteiger partial charge on any atom is -0.388 e. The summed E-state index contributed by atoms with van der Waals surface area (Å²) in [5, 5.41) is 12.7. The summed E-state index contributed by atoms with van der Waals surface area (Å²) in [6, 6.07) is 9.35. The predicted molar refractivity (Wildman–Crippen MR) is 82.9 cm³/mol. The van der Waals surface area contributed by atoms with Crippen molar-refractivity contribution >= 4 is 5.91 Å². The molecule has 0 heterocycles. The molecule has 118 valence electrons. The number of carbonyl (C=O) groups is 1. The molecule has 0 aliphatic heterocycles. The number of benzene rings is 1. The lowest BCUT2D eigenvalue weighted by Crippen LogP contribution is -2.47. The first-order valence-electron chi connectivity index (χ1n) is 7.23. The Morgan fingerprint density at radius 2 is 2.10 bits per heavy atom. The highest BCUT2D eigenvalue weighted by atomic mass is 16.5. The number of nitrogens with one attached hydrogen (secondary N) is 1. The van der Waals surface area contributed by atoms with Crippen molar-refractivity contribution in [1.82, 2.24) is 5.32 Å². The summed E-state index contributed by atoms with van der Waals surface area (Å²) in [5.41, 5.74) is 6.05. The summed E-state index contributed by atoms with van der Waals surface area (Å²) in [5.74, 6) is -0.233. The number of methoxy groups -OCH3 is 1. The van der Waals surface area contributed by atoms with Crippen molar-refractivity contribution in [3.63, 3.8) is 0 Å². The Bertz CT molecular complexity index is 421. The highest BCUT2D eigenvalue weighted by molar-refractivity contribution is 5.81. The van der Waals surface area contributed by atoms with Crippen LogP contribution in [0.25, 0.3) is 0 Å². The van der Waals surface area contributed by atoms with Gasteiger partial charge in [-0.3, -0.25) is 4.79 Å². The summed E-state index contributed by atoms with van der Waals surface area (Å²) in [4.78, 5) is 11.9. The molecule has 0 fully saturated rings. The Hall–Kier alpha value is -1.43. The summed E-state index contributed by atoms with van der Waals surface area (Å²) in [7, 11) is 1.58. The van der Waals surface area contributed by atoms with Gasteiger partial charge in [-0.25, -0.2) is 0 Å². The van der Waals surface area contributed by atoms with Crippen LogP contribution in [-0.2, 0) is 16.0 Å². The maximum atomic E-state index is 11.9. The number of rotatable bonds is 9. The SMILES string of the molecule is COCCC(C)(O)CNC(=O)C(N)CCc1ccccc1. The van der Waals surface area contributed by atoms with Gasteiger partial charge in [-0.05, 0) is 25.3 Å². The summed E-state index contributed by atoms with van der Waals surface area (Å²) in [6.07, 6.45) is 1.80. The van der Waals surface area contributed by atoms with Gasteiger partial charge in [0, 0.05) is 26.7 Å². The van der Waals surface area contributed by atoms with Crippen LogP contribution in [0, 0.1) is 0 Å². The molecule has 0 radical (unpaired) electrons. The van der Waals surface area contributed by atoms with E-state index in [0.29, 0.717) is 19.4 Å². The molecule has 0 aromatic heterocycles. The maximum absolute atomic E-state index is 11.9. The van der Waals surface area contributed by atoms with Crippen LogP contribution in [0.2, 0.25) is 0 Å². The molecule has 0 saturated carbocycles. The van der Waals surface area contributed by atoms with Gasteiger partial charge in [0.05, 0.1) is 11.6 Å². The van der Waals surface area contributed by atoms with E-state index in [-0.39, 0.29) is 12.5 Å². The van der Waals surface area contributed by atoms with Gasteiger partial charge >= 0.3 is 0 Å². The van der Waals surface area contributed by atoms with E-state index in [0.717, 1.165) is 12.0 Å². The fraction of sp³-hybridized carbons (Fsp3) is 0.562. The zero-order valence-electron chi connectivity index (χ0n) is 12.8. The van der Waals surface area contributed by atoms with Gasteiger partial charge in [-0.2, -0.15) is 0 Å². The smallest absolute Gasteiger partial charge is 0.237 e. The fourth-order valence-electron chi connectivity index (χ4n) is 1.92. The lowest BCUT2D eigenvalue weighted by Gasteiger charge is -2.24. The molecule has 1 rings (SSSR count). The van der Waals surface area contributed by atoms with E-state index < -0.39 is 11.6 Å². The molecule has 1 aromatic rings. The molecule has 0 aliphatic carbocycles. The van der Waals surface area contributed by atoms with Gasteiger partial charge < -0.3 is 20.9 Å². The number of amides is 1. The third-order valence-electron chi connectivity index (χ3n) is 3.41. The third kappa shape index (κ3) is 7.22. The van der Waals surface area contributed by atoms with Crippen LogP contribution in [0.3, 0.4) is 0 Å². The maximum Gasteiger partial charge on any atom is 0.237 e. The Labute approximate surface area is 126 Å². The first-order chi connectivity index (χ1) is 9.94. The standard InChI is InChI=1S/C16H26N2O3/c1-16(20,10-11-21-2)12-18-15(19)14(17)9-8-13-6-4-3-5-7-13/h3-7,14,20H,8-12,17H2,1-2H3,(H,18,19). The summed E-state index contributed by atoms with van der Waals surface area (Å²) < 4.78 is 4.92. The molecule has 1 amide bonds.